The third-order valence-corrected chi connectivity index (χ3v) is 4.29. The Labute approximate surface area is 159 Å². The van der Waals surface area contributed by atoms with E-state index in [1.807, 2.05) is 66.4 Å². The van der Waals surface area contributed by atoms with E-state index in [4.69, 9.17) is 11.6 Å². The first kappa shape index (κ1) is 19.9. The number of rotatable bonds is 8. The van der Waals surface area contributed by atoms with E-state index in [2.05, 4.69) is 10.6 Å². The summed E-state index contributed by atoms with van der Waals surface area (Å²) in [6, 6.07) is 16.1. The molecule has 0 saturated heterocycles. The van der Waals surface area contributed by atoms with Crippen molar-refractivity contribution in [2.75, 3.05) is 20.1 Å². The molecule has 26 heavy (non-hydrogen) atoms. The summed E-state index contributed by atoms with van der Waals surface area (Å²) in [5.41, 5.74) is 1.79. The van der Waals surface area contributed by atoms with E-state index < -0.39 is 6.04 Å². The van der Waals surface area contributed by atoms with E-state index in [1.165, 1.54) is 0 Å². The van der Waals surface area contributed by atoms with Crippen LogP contribution < -0.4 is 10.6 Å². The van der Waals surface area contributed by atoms with Gasteiger partial charge in [-0.2, -0.15) is 0 Å². The van der Waals surface area contributed by atoms with Crippen LogP contribution >= 0.6 is 11.6 Å². The molecule has 5 nitrogen and oxygen atoms in total. The minimum atomic E-state index is -0.710. The maximum absolute atomic E-state index is 12.5. The molecule has 1 atom stereocenters. The first-order chi connectivity index (χ1) is 12.5. The van der Waals surface area contributed by atoms with Crippen molar-refractivity contribution in [3.05, 3.63) is 70.7 Å². The molecule has 0 spiro atoms. The Bertz CT molecular complexity index is 737. The van der Waals surface area contributed by atoms with Crippen molar-refractivity contribution in [1.29, 1.82) is 0 Å². The van der Waals surface area contributed by atoms with Gasteiger partial charge in [-0.25, -0.2) is 0 Å². The van der Waals surface area contributed by atoms with Crippen molar-refractivity contribution in [2.45, 2.75) is 19.5 Å². The zero-order chi connectivity index (χ0) is 18.9. The number of halogens is 1. The van der Waals surface area contributed by atoms with Crippen molar-refractivity contribution >= 4 is 23.4 Å². The molecule has 0 bridgehead atoms. The Morgan fingerprint density at radius 1 is 1.12 bits per heavy atom. The largest absolute Gasteiger partial charge is 0.357 e. The molecule has 0 fully saturated rings. The number of nitrogens with zero attached hydrogens (tertiary/aromatic N) is 1. The van der Waals surface area contributed by atoms with Crippen molar-refractivity contribution in [3.63, 3.8) is 0 Å². The molecule has 0 heterocycles. The summed E-state index contributed by atoms with van der Waals surface area (Å²) >= 11 is 6.02. The molecule has 0 aliphatic rings. The van der Waals surface area contributed by atoms with Crippen LogP contribution in [0.5, 0.6) is 0 Å². The average molecular weight is 374 g/mol. The van der Waals surface area contributed by atoms with E-state index in [9.17, 15) is 9.59 Å². The second-order valence-electron chi connectivity index (χ2n) is 5.96. The number of nitrogens with one attached hydrogen (secondary N) is 2. The molecule has 2 N–H and O–H groups in total. The Kier molecular flexibility index (Phi) is 7.63. The molecule has 138 valence electrons. The Morgan fingerprint density at radius 2 is 1.85 bits per heavy atom. The van der Waals surface area contributed by atoms with Gasteiger partial charge in [0, 0.05) is 18.6 Å². The van der Waals surface area contributed by atoms with E-state index in [1.54, 1.807) is 7.05 Å². The normalized spacial score (nSPS) is 11.8. The fourth-order valence-corrected chi connectivity index (χ4v) is 2.89. The van der Waals surface area contributed by atoms with Gasteiger partial charge in [0.15, 0.2) is 0 Å². The van der Waals surface area contributed by atoms with Crippen LogP contribution in [0, 0.1) is 0 Å². The number of carbonyl (C=O) groups excluding carboxylic acids is 2. The Balaban J connectivity index is 2.02. The zero-order valence-corrected chi connectivity index (χ0v) is 15.8. The highest BCUT2D eigenvalue weighted by Gasteiger charge is 2.22. The smallest absolute Gasteiger partial charge is 0.246 e. The fraction of sp³-hybridized carbons (Fsp3) is 0.300. The van der Waals surface area contributed by atoms with Gasteiger partial charge in [0.25, 0.3) is 0 Å². The highest BCUT2D eigenvalue weighted by Crippen LogP contribution is 2.14. The number of hydrogen-bond acceptors (Lipinski definition) is 3. The van der Waals surface area contributed by atoms with E-state index in [-0.39, 0.29) is 18.4 Å². The van der Waals surface area contributed by atoms with Gasteiger partial charge in [-0.05, 0) is 29.8 Å². The molecule has 2 aromatic carbocycles. The summed E-state index contributed by atoms with van der Waals surface area (Å²) in [4.78, 5) is 26.7. The number of benzene rings is 2. The number of amides is 2. The minimum Gasteiger partial charge on any atom is -0.357 e. The molecular weight excluding hydrogens is 350 g/mol. The van der Waals surface area contributed by atoms with Crippen LogP contribution in [0.1, 0.15) is 24.1 Å². The van der Waals surface area contributed by atoms with Gasteiger partial charge in [0.2, 0.25) is 11.8 Å². The van der Waals surface area contributed by atoms with Crippen molar-refractivity contribution in [1.82, 2.24) is 15.5 Å². The van der Waals surface area contributed by atoms with Gasteiger partial charge in [-0.1, -0.05) is 61.0 Å². The summed E-state index contributed by atoms with van der Waals surface area (Å²) in [6.45, 7) is 3.50. The molecule has 2 amide bonds. The van der Waals surface area contributed by atoms with E-state index in [0.717, 1.165) is 11.1 Å². The van der Waals surface area contributed by atoms with Crippen molar-refractivity contribution < 1.29 is 9.59 Å². The van der Waals surface area contributed by atoms with Crippen molar-refractivity contribution in [2.24, 2.45) is 0 Å². The Morgan fingerprint density at radius 3 is 2.46 bits per heavy atom. The van der Waals surface area contributed by atoms with E-state index >= 15 is 0 Å². The van der Waals surface area contributed by atoms with Gasteiger partial charge in [0.1, 0.15) is 6.04 Å². The number of hydrogen-bond donors (Lipinski definition) is 2. The maximum Gasteiger partial charge on any atom is 0.246 e. The number of likely N-dealkylation sites (N-methyl/N-ethyl adjacent to an activating group) is 2. The van der Waals surface area contributed by atoms with Gasteiger partial charge in [0.05, 0.1) is 6.54 Å². The van der Waals surface area contributed by atoms with Crippen LogP contribution in [0.2, 0.25) is 5.02 Å². The van der Waals surface area contributed by atoms with Gasteiger partial charge in [-0.3, -0.25) is 14.5 Å². The molecule has 6 heteroatoms. The quantitative estimate of drug-likeness (QED) is 0.748. The fourth-order valence-electron chi connectivity index (χ4n) is 2.67. The first-order valence-corrected chi connectivity index (χ1v) is 8.94. The lowest BCUT2D eigenvalue weighted by Gasteiger charge is -2.23. The minimum absolute atomic E-state index is 0.198. The average Bonchev–Trinajstić information content (AvgIpc) is 2.65. The summed E-state index contributed by atoms with van der Waals surface area (Å²) in [5, 5.41) is 6.10. The van der Waals surface area contributed by atoms with Gasteiger partial charge >= 0.3 is 0 Å². The summed E-state index contributed by atoms with van der Waals surface area (Å²) in [5.74, 6) is -0.450. The third kappa shape index (κ3) is 5.86. The van der Waals surface area contributed by atoms with Crippen LogP contribution in [0.25, 0.3) is 0 Å². The first-order valence-electron chi connectivity index (χ1n) is 8.56. The molecule has 2 rings (SSSR count). The Hall–Kier alpha value is -2.37. The van der Waals surface area contributed by atoms with Crippen LogP contribution in [-0.4, -0.2) is 36.9 Å². The number of carbonyl (C=O) groups is 2. The molecule has 0 radical (unpaired) electrons. The standard InChI is InChI=1S/C20H24ClN3O2/c1-3-24(13-15-8-7-11-17(21)12-15)14-18(25)23-19(20(26)22-2)16-9-5-4-6-10-16/h4-12,19H,3,13-14H2,1-2H3,(H,22,26)(H,23,25). The molecule has 0 aliphatic heterocycles. The second kappa shape index (κ2) is 9.94. The molecule has 0 aromatic heterocycles. The molecule has 1 unspecified atom stereocenters. The lowest BCUT2D eigenvalue weighted by Crippen LogP contribution is -2.43. The van der Waals surface area contributed by atoms with Crippen LogP contribution in [0.15, 0.2) is 54.6 Å². The predicted molar refractivity (Wildman–Crippen MR) is 104 cm³/mol. The van der Waals surface area contributed by atoms with Gasteiger partial charge in [-0.15, -0.1) is 0 Å². The second-order valence-corrected chi connectivity index (χ2v) is 6.40. The van der Waals surface area contributed by atoms with Gasteiger partial charge < -0.3 is 10.6 Å². The SMILES string of the molecule is CCN(CC(=O)NC(C(=O)NC)c1ccccc1)Cc1cccc(Cl)c1. The molecule has 0 saturated carbocycles. The lowest BCUT2D eigenvalue weighted by molar-refractivity contribution is -0.129. The summed E-state index contributed by atoms with van der Waals surface area (Å²) in [7, 11) is 1.56. The molecular formula is C20H24ClN3O2. The lowest BCUT2D eigenvalue weighted by atomic mass is 10.1. The summed E-state index contributed by atoms with van der Waals surface area (Å²) < 4.78 is 0. The topological polar surface area (TPSA) is 61.4 Å². The van der Waals surface area contributed by atoms with Crippen LogP contribution in [-0.2, 0) is 16.1 Å². The van der Waals surface area contributed by atoms with E-state index in [0.29, 0.717) is 18.1 Å². The molecule has 0 aliphatic carbocycles. The van der Waals surface area contributed by atoms with Crippen molar-refractivity contribution in [3.8, 4) is 0 Å². The zero-order valence-electron chi connectivity index (χ0n) is 15.0. The third-order valence-electron chi connectivity index (χ3n) is 4.06. The summed E-state index contributed by atoms with van der Waals surface area (Å²) in [6.07, 6.45) is 0. The predicted octanol–water partition coefficient (Wildman–Crippen LogP) is 2.77. The molecule has 2 aromatic rings. The maximum atomic E-state index is 12.5. The van der Waals surface area contributed by atoms with Crippen LogP contribution in [0.3, 0.4) is 0 Å². The monoisotopic (exact) mass is 373 g/mol. The highest BCUT2D eigenvalue weighted by atomic mass is 35.5. The highest BCUT2D eigenvalue weighted by molar-refractivity contribution is 6.30. The van der Waals surface area contributed by atoms with Crippen LogP contribution in [0.4, 0.5) is 0 Å².